The molecule has 0 aliphatic carbocycles. The number of hydrogen-bond donors (Lipinski definition) is 1. The van der Waals surface area contributed by atoms with Crippen molar-refractivity contribution in [2.45, 2.75) is 13.0 Å². The Labute approximate surface area is 131 Å². The van der Waals surface area contributed by atoms with Crippen LogP contribution in [0.4, 0.5) is 0 Å². The molecule has 0 fully saturated rings. The highest BCUT2D eigenvalue weighted by Crippen LogP contribution is 2.26. The molecule has 0 aliphatic heterocycles. The van der Waals surface area contributed by atoms with Crippen LogP contribution in [-0.4, -0.2) is 18.2 Å². The molecule has 0 bridgehead atoms. The van der Waals surface area contributed by atoms with Crippen molar-refractivity contribution in [3.8, 4) is 11.5 Å². The Bertz CT molecular complexity index is 640. The Morgan fingerprint density at radius 2 is 1.95 bits per heavy atom. The summed E-state index contributed by atoms with van der Waals surface area (Å²) < 4.78 is 11.8. The van der Waals surface area contributed by atoms with Crippen molar-refractivity contribution in [2.75, 3.05) is 7.11 Å². The summed E-state index contributed by atoms with van der Waals surface area (Å²) >= 11 is 3.42. The molecular weight excluding hydrogens is 336 g/mol. The van der Waals surface area contributed by atoms with Gasteiger partial charge in [-0.2, -0.15) is 0 Å². The van der Waals surface area contributed by atoms with E-state index in [1.54, 1.807) is 25.3 Å². The number of aliphatic carboxylic acids is 1. The van der Waals surface area contributed by atoms with Gasteiger partial charge in [-0.05, 0) is 39.7 Å². The zero-order valence-electron chi connectivity index (χ0n) is 11.5. The molecule has 0 atom stereocenters. The van der Waals surface area contributed by atoms with Crippen molar-refractivity contribution in [1.29, 1.82) is 0 Å². The van der Waals surface area contributed by atoms with E-state index in [2.05, 4.69) is 15.9 Å². The van der Waals surface area contributed by atoms with Crippen LogP contribution in [-0.2, 0) is 17.8 Å². The number of carbonyl (C=O) groups is 1. The fraction of sp³-hybridized carbons (Fsp3) is 0.188. The first kappa shape index (κ1) is 15.4. The van der Waals surface area contributed by atoms with E-state index in [1.165, 1.54) is 0 Å². The van der Waals surface area contributed by atoms with Crippen LogP contribution < -0.4 is 9.47 Å². The number of methoxy groups -OCH3 is 1. The lowest BCUT2D eigenvalue weighted by molar-refractivity contribution is -0.136. The minimum atomic E-state index is -0.877. The maximum atomic E-state index is 10.8. The van der Waals surface area contributed by atoms with Gasteiger partial charge in [-0.3, -0.25) is 4.79 Å². The van der Waals surface area contributed by atoms with Gasteiger partial charge in [-0.1, -0.05) is 24.3 Å². The Morgan fingerprint density at radius 1 is 1.19 bits per heavy atom. The second-order valence-corrected chi connectivity index (χ2v) is 5.29. The van der Waals surface area contributed by atoms with E-state index < -0.39 is 5.97 Å². The van der Waals surface area contributed by atoms with Gasteiger partial charge in [0.1, 0.15) is 18.1 Å². The number of carboxylic acids is 1. The molecule has 0 amide bonds. The molecule has 21 heavy (non-hydrogen) atoms. The third-order valence-corrected chi connectivity index (χ3v) is 3.54. The predicted octanol–water partition coefficient (Wildman–Crippen LogP) is 3.66. The van der Waals surface area contributed by atoms with Crippen LogP contribution in [0.3, 0.4) is 0 Å². The normalized spacial score (nSPS) is 10.2. The van der Waals surface area contributed by atoms with Gasteiger partial charge in [0.2, 0.25) is 0 Å². The molecule has 0 aromatic heterocycles. The van der Waals surface area contributed by atoms with E-state index in [1.807, 2.05) is 24.3 Å². The lowest BCUT2D eigenvalue weighted by atomic mass is 10.1. The number of benzene rings is 2. The maximum absolute atomic E-state index is 10.8. The fourth-order valence-electron chi connectivity index (χ4n) is 1.91. The predicted molar refractivity (Wildman–Crippen MR) is 82.8 cm³/mol. The topological polar surface area (TPSA) is 55.8 Å². The molecule has 0 heterocycles. The summed E-state index contributed by atoms with van der Waals surface area (Å²) in [5, 5.41) is 8.90. The zero-order chi connectivity index (χ0) is 15.2. The average molecular weight is 351 g/mol. The number of carboxylic acid groups (broad SMARTS) is 1. The van der Waals surface area contributed by atoms with Gasteiger partial charge < -0.3 is 14.6 Å². The van der Waals surface area contributed by atoms with Crippen molar-refractivity contribution in [3.63, 3.8) is 0 Å². The summed E-state index contributed by atoms with van der Waals surface area (Å²) in [5.41, 5.74) is 1.63. The van der Waals surface area contributed by atoms with Crippen LogP contribution in [0.2, 0.25) is 0 Å². The lowest BCUT2D eigenvalue weighted by Gasteiger charge is -2.11. The second-order valence-electron chi connectivity index (χ2n) is 4.44. The standard InChI is InChI=1S/C16H15BrO4/c1-20-15-7-6-11(8-13(15)17)10-21-14-5-3-2-4-12(14)9-16(18)19/h2-8H,9-10H2,1H3,(H,18,19). The van der Waals surface area contributed by atoms with Crippen LogP contribution in [0.5, 0.6) is 11.5 Å². The van der Waals surface area contributed by atoms with Gasteiger partial charge in [-0.25, -0.2) is 0 Å². The van der Waals surface area contributed by atoms with E-state index in [-0.39, 0.29) is 6.42 Å². The maximum Gasteiger partial charge on any atom is 0.307 e. The molecule has 0 unspecified atom stereocenters. The number of para-hydroxylation sites is 1. The Kier molecular flexibility index (Phi) is 5.22. The van der Waals surface area contributed by atoms with E-state index in [9.17, 15) is 4.79 Å². The average Bonchev–Trinajstić information content (AvgIpc) is 2.46. The van der Waals surface area contributed by atoms with Crippen molar-refractivity contribution >= 4 is 21.9 Å². The Morgan fingerprint density at radius 3 is 2.62 bits per heavy atom. The molecule has 2 rings (SSSR count). The molecule has 2 aromatic rings. The molecule has 5 heteroatoms. The largest absolute Gasteiger partial charge is 0.496 e. The summed E-state index contributed by atoms with van der Waals surface area (Å²) in [4.78, 5) is 10.8. The Balaban J connectivity index is 2.09. The van der Waals surface area contributed by atoms with Gasteiger partial charge >= 0.3 is 5.97 Å². The van der Waals surface area contributed by atoms with E-state index >= 15 is 0 Å². The van der Waals surface area contributed by atoms with Gasteiger partial charge in [0.05, 0.1) is 18.0 Å². The molecule has 0 saturated heterocycles. The first-order chi connectivity index (χ1) is 10.1. The highest BCUT2D eigenvalue weighted by Gasteiger charge is 2.08. The third kappa shape index (κ3) is 4.23. The minimum absolute atomic E-state index is 0.0531. The summed E-state index contributed by atoms with van der Waals surface area (Å²) in [5.74, 6) is 0.468. The monoisotopic (exact) mass is 350 g/mol. The molecule has 2 aromatic carbocycles. The number of halogens is 1. The van der Waals surface area contributed by atoms with Crippen LogP contribution in [0.15, 0.2) is 46.9 Å². The lowest BCUT2D eigenvalue weighted by Crippen LogP contribution is -2.04. The first-order valence-electron chi connectivity index (χ1n) is 6.35. The summed E-state index contributed by atoms with van der Waals surface area (Å²) in [7, 11) is 1.61. The van der Waals surface area contributed by atoms with Crippen LogP contribution in [0.25, 0.3) is 0 Å². The highest BCUT2D eigenvalue weighted by atomic mass is 79.9. The van der Waals surface area contributed by atoms with Gasteiger partial charge in [-0.15, -0.1) is 0 Å². The van der Waals surface area contributed by atoms with Gasteiger partial charge in [0.25, 0.3) is 0 Å². The van der Waals surface area contributed by atoms with Gasteiger partial charge in [0, 0.05) is 5.56 Å². The number of ether oxygens (including phenoxy) is 2. The van der Waals surface area contributed by atoms with Gasteiger partial charge in [0.15, 0.2) is 0 Å². The smallest absolute Gasteiger partial charge is 0.307 e. The minimum Gasteiger partial charge on any atom is -0.496 e. The number of hydrogen-bond acceptors (Lipinski definition) is 3. The number of rotatable bonds is 6. The quantitative estimate of drug-likeness (QED) is 0.863. The summed E-state index contributed by atoms with van der Waals surface area (Å²) in [6.45, 7) is 0.360. The van der Waals surface area contributed by atoms with Crippen LogP contribution in [0.1, 0.15) is 11.1 Å². The molecule has 110 valence electrons. The summed E-state index contributed by atoms with van der Waals surface area (Å²) in [6.07, 6.45) is -0.0531. The second kappa shape index (κ2) is 7.13. The van der Waals surface area contributed by atoms with Crippen LogP contribution in [0, 0.1) is 0 Å². The molecule has 0 saturated carbocycles. The van der Waals surface area contributed by atoms with Crippen molar-refractivity contribution in [1.82, 2.24) is 0 Å². The molecule has 0 spiro atoms. The van der Waals surface area contributed by atoms with Crippen molar-refractivity contribution in [3.05, 3.63) is 58.1 Å². The van der Waals surface area contributed by atoms with Crippen LogP contribution >= 0.6 is 15.9 Å². The summed E-state index contributed by atoms with van der Waals surface area (Å²) in [6, 6.07) is 12.8. The highest BCUT2D eigenvalue weighted by molar-refractivity contribution is 9.10. The fourth-order valence-corrected chi connectivity index (χ4v) is 2.50. The SMILES string of the molecule is COc1ccc(COc2ccccc2CC(=O)O)cc1Br. The molecule has 1 N–H and O–H groups in total. The zero-order valence-corrected chi connectivity index (χ0v) is 13.1. The van der Waals surface area contributed by atoms with Crippen molar-refractivity contribution < 1.29 is 19.4 Å². The van der Waals surface area contributed by atoms with E-state index in [0.29, 0.717) is 17.9 Å². The van der Waals surface area contributed by atoms with E-state index in [0.717, 1.165) is 15.8 Å². The molecule has 0 radical (unpaired) electrons. The molecule has 4 nitrogen and oxygen atoms in total. The first-order valence-corrected chi connectivity index (χ1v) is 7.14. The van der Waals surface area contributed by atoms with Crippen molar-refractivity contribution in [2.24, 2.45) is 0 Å². The molecule has 0 aliphatic rings. The molecular formula is C16H15BrO4. The Hall–Kier alpha value is -2.01. The van der Waals surface area contributed by atoms with E-state index in [4.69, 9.17) is 14.6 Å². The third-order valence-electron chi connectivity index (χ3n) is 2.92.